The number of carbonyl (C=O) groups is 1. The van der Waals surface area contributed by atoms with Crippen LogP contribution in [0.4, 0.5) is 13.6 Å². The Kier molecular flexibility index (Phi) is 4.65. The first-order valence-electron chi connectivity index (χ1n) is 4.66. The zero-order valence-corrected chi connectivity index (χ0v) is 8.50. The van der Waals surface area contributed by atoms with Crippen LogP contribution in [-0.4, -0.2) is 19.2 Å². The fourth-order valence-corrected chi connectivity index (χ4v) is 1.17. The molecule has 1 aromatic rings. The third-order valence-electron chi connectivity index (χ3n) is 1.77. The number of benzene rings is 1. The third-order valence-corrected chi connectivity index (χ3v) is 1.77. The first-order chi connectivity index (χ1) is 7.58. The third kappa shape index (κ3) is 4.70. The first kappa shape index (κ1) is 12.4. The second kappa shape index (κ2) is 6.02. The van der Waals surface area contributed by atoms with Gasteiger partial charge in [0.25, 0.3) is 0 Å². The van der Waals surface area contributed by atoms with Crippen LogP contribution in [0.15, 0.2) is 18.2 Å². The van der Waals surface area contributed by atoms with Crippen molar-refractivity contribution >= 4 is 6.09 Å². The number of halogens is 2. The molecule has 88 valence electrons. The molecule has 0 bridgehead atoms. The Labute approximate surface area is 91.4 Å². The lowest BCUT2D eigenvalue weighted by atomic mass is 10.2. The molecule has 1 rings (SSSR count). The maximum atomic E-state index is 12.8. The van der Waals surface area contributed by atoms with Crippen molar-refractivity contribution in [1.29, 1.82) is 0 Å². The van der Waals surface area contributed by atoms with Gasteiger partial charge in [0.2, 0.25) is 0 Å². The maximum absolute atomic E-state index is 12.8. The molecule has 0 heterocycles. The topological polar surface area (TPSA) is 64.4 Å². The van der Waals surface area contributed by atoms with E-state index in [9.17, 15) is 13.6 Å². The monoisotopic (exact) mass is 230 g/mol. The van der Waals surface area contributed by atoms with Crippen LogP contribution >= 0.6 is 0 Å². The van der Waals surface area contributed by atoms with Crippen LogP contribution in [0.1, 0.15) is 5.56 Å². The molecule has 0 unspecified atom stereocenters. The average Bonchev–Trinajstić information content (AvgIpc) is 2.15. The molecule has 0 radical (unpaired) electrons. The fourth-order valence-electron chi connectivity index (χ4n) is 1.17. The van der Waals surface area contributed by atoms with Gasteiger partial charge in [-0.1, -0.05) is 0 Å². The minimum Gasteiger partial charge on any atom is -0.448 e. The predicted octanol–water partition coefficient (Wildman–Crippen LogP) is 1.15. The van der Waals surface area contributed by atoms with Crippen molar-refractivity contribution in [1.82, 2.24) is 5.32 Å². The summed E-state index contributed by atoms with van der Waals surface area (Å²) in [4.78, 5) is 10.2. The molecule has 16 heavy (non-hydrogen) atoms. The van der Waals surface area contributed by atoms with E-state index in [1.54, 1.807) is 0 Å². The van der Waals surface area contributed by atoms with E-state index in [1.807, 2.05) is 0 Å². The first-order valence-corrected chi connectivity index (χ1v) is 4.66. The van der Waals surface area contributed by atoms with Crippen molar-refractivity contribution in [2.45, 2.75) is 6.54 Å². The standard InChI is InChI=1S/C10H12F2N2O2/c11-8-3-7(4-9(12)5-8)6-14-1-2-16-10(13)15/h3-5,14H,1-2,6H2,(H2,13,15). The van der Waals surface area contributed by atoms with E-state index >= 15 is 0 Å². The van der Waals surface area contributed by atoms with Crippen LogP contribution in [0, 0.1) is 11.6 Å². The molecule has 0 atom stereocenters. The normalized spacial score (nSPS) is 10.1. The van der Waals surface area contributed by atoms with E-state index in [4.69, 9.17) is 5.73 Å². The fraction of sp³-hybridized carbons (Fsp3) is 0.300. The number of hydrogen-bond acceptors (Lipinski definition) is 3. The van der Waals surface area contributed by atoms with Gasteiger partial charge < -0.3 is 15.8 Å². The molecule has 4 nitrogen and oxygen atoms in total. The number of rotatable bonds is 5. The van der Waals surface area contributed by atoms with Gasteiger partial charge in [-0.15, -0.1) is 0 Å². The van der Waals surface area contributed by atoms with E-state index in [0.717, 1.165) is 6.07 Å². The molecule has 3 N–H and O–H groups in total. The molecule has 0 aromatic heterocycles. The summed E-state index contributed by atoms with van der Waals surface area (Å²) in [5.74, 6) is -1.24. The molecular formula is C10H12F2N2O2. The van der Waals surface area contributed by atoms with Crippen molar-refractivity contribution in [3.8, 4) is 0 Å². The summed E-state index contributed by atoms with van der Waals surface area (Å²) in [6.07, 6.45) is -0.849. The highest BCUT2D eigenvalue weighted by Crippen LogP contribution is 2.07. The highest BCUT2D eigenvalue weighted by molar-refractivity contribution is 5.64. The highest BCUT2D eigenvalue weighted by atomic mass is 19.1. The van der Waals surface area contributed by atoms with Crippen LogP contribution in [0.2, 0.25) is 0 Å². The molecular weight excluding hydrogens is 218 g/mol. The Hall–Kier alpha value is -1.69. The SMILES string of the molecule is NC(=O)OCCNCc1cc(F)cc(F)c1. The summed E-state index contributed by atoms with van der Waals surface area (Å²) in [6.45, 7) is 0.769. The van der Waals surface area contributed by atoms with Crippen molar-refractivity contribution in [2.75, 3.05) is 13.2 Å². The second-order valence-electron chi connectivity index (χ2n) is 3.12. The van der Waals surface area contributed by atoms with Crippen molar-refractivity contribution < 1.29 is 18.3 Å². The molecule has 0 aliphatic carbocycles. The number of carbonyl (C=O) groups excluding carboxylic acids is 1. The van der Waals surface area contributed by atoms with Crippen LogP contribution in [0.25, 0.3) is 0 Å². The zero-order valence-electron chi connectivity index (χ0n) is 8.50. The molecule has 0 saturated heterocycles. The van der Waals surface area contributed by atoms with E-state index in [1.165, 1.54) is 12.1 Å². The second-order valence-corrected chi connectivity index (χ2v) is 3.12. The number of amides is 1. The smallest absolute Gasteiger partial charge is 0.404 e. The van der Waals surface area contributed by atoms with E-state index < -0.39 is 17.7 Å². The summed E-state index contributed by atoms with van der Waals surface area (Å²) in [7, 11) is 0. The summed E-state index contributed by atoms with van der Waals surface area (Å²) in [6, 6.07) is 3.26. The van der Waals surface area contributed by atoms with Crippen LogP contribution in [-0.2, 0) is 11.3 Å². The number of primary amides is 1. The minimum atomic E-state index is -0.849. The van der Waals surface area contributed by atoms with Gasteiger partial charge in [0, 0.05) is 19.2 Å². The van der Waals surface area contributed by atoms with Gasteiger partial charge in [-0.25, -0.2) is 13.6 Å². The zero-order chi connectivity index (χ0) is 12.0. The Bertz CT molecular complexity index is 352. The largest absolute Gasteiger partial charge is 0.448 e. The average molecular weight is 230 g/mol. The van der Waals surface area contributed by atoms with Crippen molar-refractivity contribution in [2.24, 2.45) is 5.73 Å². The Morgan fingerprint density at radius 2 is 1.94 bits per heavy atom. The molecule has 1 aromatic carbocycles. The molecule has 0 aliphatic rings. The van der Waals surface area contributed by atoms with Crippen LogP contribution < -0.4 is 11.1 Å². The summed E-state index contributed by atoms with van der Waals surface area (Å²) in [5.41, 5.74) is 5.22. The lowest BCUT2D eigenvalue weighted by molar-refractivity contribution is 0.157. The molecule has 1 amide bonds. The van der Waals surface area contributed by atoms with Gasteiger partial charge in [0.15, 0.2) is 0 Å². The van der Waals surface area contributed by atoms with Gasteiger partial charge >= 0.3 is 6.09 Å². The van der Waals surface area contributed by atoms with E-state index in [-0.39, 0.29) is 13.2 Å². The molecule has 0 fully saturated rings. The van der Waals surface area contributed by atoms with E-state index in [0.29, 0.717) is 12.1 Å². The minimum absolute atomic E-state index is 0.118. The van der Waals surface area contributed by atoms with Gasteiger partial charge in [0.1, 0.15) is 18.2 Å². The van der Waals surface area contributed by atoms with Crippen LogP contribution in [0.5, 0.6) is 0 Å². The Morgan fingerprint density at radius 1 is 1.31 bits per heavy atom. The quantitative estimate of drug-likeness (QED) is 0.746. The van der Waals surface area contributed by atoms with Crippen molar-refractivity contribution in [3.63, 3.8) is 0 Å². The molecule has 0 spiro atoms. The highest BCUT2D eigenvalue weighted by Gasteiger charge is 2.00. The van der Waals surface area contributed by atoms with Crippen molar-refractivity contribution in [3.05, 3.63) is 35.4 Å². The Balaban J connectivity index is 2.29. The Morgan fingerprint density at radius 3 is 2.50 bits per heavy atom. The summed E-state index contributed by atoms with van der Waals surface area (Å²) < 4.78 is 30.0. The molecule has 0 saturated carbocycles. The van der Waals surface area contributed by atoms with Gasteiger partial charge in [-0.05, 0) is 17.7 Å². The summed E-state index contributed by atoms with van der Waals surface area (Å²) >= 11 is 0. The number of nitrogens with two attached hydrogens (primary N) is 1. The van der Waals surface area contributed by atoms with Gasteiger partial charge in [-0.2, -0.15) is 0 Å². The lowest BCUT2D eigenvalue weighted by Gasteiger charge is -2.05. The van der Waals surface area contributed by atoms with Gasteiger partial charge in [-0.3, -0.25) is 0 Å². The number of nitrogens with one attached hydrogen (secondary N) is 1. The number of hydrogen-bond donors (Lipinski definition) is 2. The molecule has 0 aliphatic heterocycles. The number of ether oxygens (including phenoxy) is 1. The summed E-state index contributed by atoms with van der Waals surface area (Å²) in [5, 5.41) is 2.85. The van der Waals surface area contributed by atoms with E-state index in [2.05, 4.69) is 10.1 Å². The van der Waals surface area contributed by atoms with Crippen LogP contribution in [0.3, 0.4) is 0 Å². The lowest BCUT2D eigenvalue weighted by Crippen LogP contribution is -2.23. The maximum Gasteiger partial charge on any atom is 0.404 e. The van der Waals surface area contributed by atoms with Gasteiger partial charge in [0.05, 0.1) is 0 Å². The molecule has 6 heteroatoms. The predicted molar refractivity (Wildman–Crippen MR) is 53.6 cm³/mol.